The first-order valence-electron chi connectivity index (χ1n) is 10.7. The van der Waals surface area contributed by atoms with Crippen molar-refractivity contribution in [3.8, 4) is 17.0 Å². The van der Waals surface area contributed by atoms with Crippen LogP contribution >= 0.6 is 0 Å². The second kappa shape index (κ2) is 8.81. The highest BCUT2D eigenvalue weighted by Gasteiger charge is 2.31. The molecule has 0 saturated heterocycles. The third kappa shape index (κ3) is 4.51. The number of hydrogen-bond acceptors (Lipinski definition) is 6. The number of aromatic hydroxyl groups is 1. The molecule has 2 aromatic heterocycles. The number of hydrogen-bond donors (Lipinski definition) is 3. The van der Waals surface area contributed by atoms with Gasteiger partial charge in [-0.3, -0.25) is 4.79 Å². The summed E-state index contributed by atoms with van der Waals surface area (Å²) >= 11 is 0. The number of rotatable bonds is 6. The molecule has 9 nitrogen and oxygen atoms in total. The molecule has 0 unspecified atom stereocenters. The van der Waals surface area contributed by atoms with Crippen LogP contribution in [0.2, 0.25) is 0 Å². The first kappa shape index (κ1) is 21.4. The van der Waals surface area contributed by atoms with Crippen LogP contribution in [0, 0.1) is 5.82 Å². The van der Waals surface area contributed by atoms with Gasteiger partial charge in [0.25, 0.3) is 5.91 Å². The lowest BCUT2D eigenvalue weighted by Crippen LogP contribution is -2.30. The van der Waals surface area contributed by atoms with Crippen LogP contribution in [-0.4, -0.2) is 32.0 Å². The zero-order valence-electron chi connectivity index (χ0n) is 17.9. The second-order valence-electron chi connectivity index (χ2n) is 7.99. The SMILES string of the molecule is O=C(Nc1ccc(O)c(-c2cc(C3CC3)n(C(=O)NCc3ccc(F)cc3)n2)c1)c1ccno1. The van der Waals surface area contributed by atoms with Crippen molar-refractivity contribution in [3.63, 3.8) is 0 Å². The third-order valence-corrected chi connectivity index (χ3v) is 5.47. The number of nitrogens with zero attached hydrogens (tertiary/aromatic N) is 3. The number of carbonyl (C=O) groups excluding carboxylic acids is 2. The molecule has 1 aliphatic carbocycles. The summed E-state index contributed by atoms with van der Waals surface area (Å²) in [5, 5.41) is 23.9. The van der Waals surface area contributed by atoms with E-state index < -0.39 is 11.9 Å². The Kier molecular flexibility index (Phi) is 5.54. The summed E-state index contributed by atoms with van der Waals surface area (Å²) in [5.74, 6) is -0.626. The van der Waals surface area contributed by atoms with Crippen LogP contribution < -0.4 is 10.6 Å². The van der Waals surface area contributed by atoms with E-state index in [4.69, 9.17) is 4.52 Å². The molecule has 10 heteroatoms. The maximum Gasteiger partial charge on any atom is 0.342 e. The van der Waals surface area contributed by atoms with E-state index in [1.165, 1.54) is 35.1 Å². The van der Waals surface area contributed by atoms with E-state index in [0.29, 0.717) is 16.9 Å². The van der Waals surface area contributed by atoms with Crippen molar-refractivity contribution >= 4 is 17.6 Å². The number of nitrogens with one attached hydrogen (secondary N) is 2. The molecule has 0 spiro atoms. The van der Waals surface area contributed by atoms with E-state index in [9.17, 15) is 19.1 Å². The highest BCUT2D eigenvalue weighted by atomic mass is 19.1. The van der Waals surface area contributed by atoms with Crippen molar-refractivity contribution < 1.29 is 23.6 Å². The van der Waals surface area contributed by atoms with Crippen LogP contribution in [0.25, 0.3) is 11.3 Å². The molecule has 0 bridgehead atoms. The molecule has 1 saturated carbocycles. The molecule has 0 atom stereocenters. The topological polar surface area (TPSA) is 122 Å². The lowest BCUT2D eigenvalue weighted by Gasteiger charge is -2.08. The molecular weight excluding hydrogens is 441 g/mol. The molecule has 0 aliphatic heterocycles. The third-order valence-electron chi connectivity index (χ3n) is 5.47. The Morgan fingerprint density at radius 2 is 1.91 bits per heavy atom. The average molecular weight is 461 g/mol. The fourth-order valence-corrected chi connectivity index (χ4v) is 3.56. The van der Waals surface area contributed by atoms with Gasteiger partial charge in [0.15, 0.2) is 0 Å². The minimum Gasteiger partial charge on any atom is -0.507 e. The summed E-state index contributed by atoms with van der Waals surface area (Å²) in [4.78, 5) is 25.2. The number of halogens is 1. The highest BCUT2D eigenvalue weighted by molar-refractivity contribution is 6.02. The molecule has 1 aliphatic rings. The van der Waals surface area contributed by atoms with E-state index in [1.54, 1.807) is 30.3 Å². The summed E-state index contributed by atoms with van der Waals surface area (Å²) in [6.07, 6.45) is 3.25. The Balaban J connectivity index is 1.39. The molecule has 172 valence electrons. The van der Waals surface area contributed by atoms with Crippen LogP contribution in [0.5, 0.6) is 5.75 Å². The van der Waals surface area contributed by atoms with E-state index in [-0.39, 0.29) is 29.8 Å². The summed E-state index contributed by atoms with van der Waals surface area (Å²) in [5.41, 5.74) is 2.66. The lowest BCUT2D eigenvalue weighted by molar-refractivity contribution is 0.0988. The highest BCUT2D eigenvalue weighted by Crippen LogP contribution is 2.42. The van der Waals surface area contributed by atoms with E-state index >= 15 is 0 Å². The van der Waals surface area contributed by atoms with Gasteiger partial charge in [0.05, 0.1) is 17.6 Å². The first-order valence-corrected chi connectivity index (χ1v) is 10.7. The molecule has 34 heavy (non-hydrogen) atoms. The van der Waals surface area contributed by atoms with E-state index in [0.717, 1.165) is 24.1 Å². The smallest absolute Gasteiger partial charge is 0.342 e. The van der Waals surface area contributed by atoms with Gasteiger partial charge >= 0.3 is 6.03 Å². The Labute approximate surface area is 193 Å². The van der Waals surface area contributed by atoms with Crippen molar-refractivity contribution in [2.24, 2.45) is 0 Å². The van der Waals surface area contributed by atoms with Gasteiger partial charge in [-0.05, 0) is 54.8 Å². The Morgan fingerprint density at radius 1 is 1.12 bits per heavy atom. The number of anilines is 1. The van der Waals surface area contributed by atoms with E-state index in [2.05, 4.69) is 20.9 Å². The number of phenols is 1. The Hall–Kier alpha value is -4.47. The molecular formula is C24H20FN5O4. The molecule has 1 fully saturated rings. The van der Waals surface area contributed by atoms with Crippen molar-refractivity contribution in [2.75, 3.05) is 5.32 Å². The van der Waals surface area contributed by atoms with Gasteiger partial charge in [-0.25, -0.2) is 9.18 Å². The first-order chi connectivity index (χ1) is 16.5. The number of amides is 2. The van der Waals surface area contributed by atoms with Crippen LogP contribution in [0.15, 0.2) is 65.3 Å². The number of phenolic OH excluding ortho intramolecular Hbond substituents is 1. The van der Waals surface area contributed by atoms with Crippen molar-refractivity contribution in [1.82, 2.24) is 20.3 Å². The molecule has 3 N–H and O–H groups in total. The predicted molar refractivity (Wildman–Crippen MR) is 120 cm³/mol. The number of benzene rings is 2. The van der Waals surface area contributed by atoms with Gasteiger partial charge in [0.1, 0.15) is 11.6 Å². The van der Waals surface area contributed by atoms with Gasteiger partial charge in [0.2, 0.25) is 5.76 Å². The lowest BCUT2D eigenvalue weighted by atomic mass is 10.1. The summed E-state index contributed by atoms with van der Waals surface area (Å²) < 4.78 is 19.3. The minimum absolute atomic E-state index is 0.0450. The quantitative estimate of drug-likeness (QED) is 0.369. The van der Waals surface area contributed by atoms with Crippen LogP contribution in [0.1, 0.15) is 40.6 Å². The van der Waals surface area contributed by atoms with Gasteiger partial charge in [-0.15, -0.1) is 0 Å². The van der Waals surface area contributed by atoms with Crippen LogP contribution in [-0.2, 0) is 6.54 Å². The standard InChI is InChI=1S/C24H20FN5O4/c25-16-5-1-14(2-6-16)13-26-24(33)30-20(15-3-4-15)12-19(29-30)18-11-17(7-8-21(18)31)28-23(32)22-9-10-27-34-22/h1-2,5-12,15,31H,3-4,13H2,(H,26,33)(H,28,32). The molecule has 2 aromatic carbocycles. The maximum atomic E-state index is 13.1. The van der Waals surface area contributed by atoms with E-state index in [1.807, 2.05) is 0 Å². The Bertz CT molecular complexity index is 1340. The summed E-state index contributed by atoms with van der Waals surface area (Å²) in [6, 6.07) is 13.2. The van der Waals surface area contributed by atoms with Gasteiger partial charge in [-0.1, -0.05) is 17.3 Å². The normalized spacial score (nSPS) is 13.0. The zero-order valence-corrected chi connectivity index (χ0v) is 17.9. The van der Waals surface area contributed by atoms with Gasteiger partial charge in [0, 0.05) is 29.8 Å². The minimum atomic E-state index is -0.487. The molecule has 4 aromatic rings. The zero-order chi connectivity index (χ0) is 23.7. The molecule has 2 heterocycles. The number of carbonyl (C=O) groups is 2. The number of aromatic nitrogens is 3. The molecule has 5 rings (SSSR count). The summed E-state index contributed by atoms with van der Waals surface area (Å²) in [7, 11) is 0. The predicted octanol–water partition coefficient (Wildman–Crippen LogP) is 4.27. The summed E-state index contributed by atoms with van der Waals surface area (Å²) in [6.45, 7) is 0.215. The van der Waals surface area contributed by atoms with Crippen molar-refractivity contribution in [1.29, 1.82) is 0 Å². The van der Waals surface area contributed by atoms with Crippen molar-refractivity contribution in [3.05, 3.63) is 83.6 Å². The Morgan fingerprint density at radius 3 is 2.62 bits per heavy atom. The average Bonchev–Trinajstić information content (AvgIpc) is 3.34. The van der Waals surface area contributed by atoms with Crippen molar-refractivity contribution in [2.45, 2.75) is 25.3 Å². The molecule has 0 radical (unpaired) electrons. The fourth-order valence-electron chi connectivity index (χ4n) is 3.56. The van der Waals surface area contributed by atoms with Crippen LogP contribution in [0.3, 0.4) is 0 Å². The monoisotopic (exact) mass is 461 g/mol. The largest absolute Gasteiger partial charge is 0.507 e. The second-order valence-corrected chi connectivity index (χ2v) is 7.99. The maximum absolute atomic E-state index is 13.1. The van der Waals surface area contributed by atoms with Crippen LogP contribution in [0.4, 0.5) is 14.9 Å². The van der Waals surface area contributed by atoms with Gasteiger partial charge < -0.3 is 20.3 Å². The molecule has 2 amide bonds. The van der Waals surface area contributed by atoms with Gasteiger partial charge in [-0.2, -0.15) is 9.78 Å². The fraction of sp³-hybridized carbons (Fsp3) is 0.167.